The number of esters is 1. The topological polar surface area (TPSA) is 75.7 Å². The van der Waals surface area contributed by atoms with Crippen LogP contribution in [0.25, 0.3) is 0 Å². The Morgan fingerprint density at radius 1 is 1.12 bits per heavy atom. The summed E-state index contributed by atoms with van der Waals surface area (Å²) in [5.41, 5.74) is 0.558. The number of rotatable bonds is 5. The predicted octanol–water partition coefficient (Wildman–Crippen LogP) is 2.59. The summed E-state index contributed by atoms with van der Waals surface area (Å²) in [7, 11) is 0. The Hall–Kier alpha value is -2.37. The molecule has 1 saturated heterocycles. The minimum absolute atomic E-state index is 0.258. The second-order valence-electron chi connectivity index (χ2n) is 5.84. The van der Waals surface area contributed by atoms with Crippen molar-refractivity contribution in [2.75, 3.05) is 25.0 Å². The number of unbranched alkanes of at least 4 members (excludes halogenated alkanes) is 1. The maximum absolute atomic E-state index is 12.2. The molecule has 0 bridgehead atoms. The summed E-state index contributed by atoms with van der Waals surface area (Å²) >= 11 is 0. The van der Waals surface area contributed by atoms with Crippen molar-refractivity contribution in [2.45, 2.75) is 39.0 Å². The van der Waals surface area contributed by atoms with E-state index in [2.05, 4.69) is 5.32 Å². The second-order valence-corrected chi connectivity index (χ2v) is 5.84. The van der Waals surface area contributed by atoms with Gasteiger partial charge in [-0.1, -0.05) is 25.5 Å². The molecule has 1 aliphatic rings. The number of nitrogens with one attached hydrogen (secondary N) is 1. The van der Waals surface area contributed by atoms with Crippen molar-refractivity contribution in [3.05, 3.63) is 29.8 Å². The molecule has 0 aromatic heterocycles. The molecule has 24 heavy (non-hydrogen) atoms. The highest BCUT2D eigenvalue weighted by Crippen LogP contribution is 2.17. The third-order valence-corrected chi connectivity index (χ3v) is 3.96. The first-order chi connectivity index (χ1) is 11.6. The summed E-state index contributed by atoms with van der Waals surface area (Å²) < 4.78 is 5.18. The van der Waals surface area contributed by atoms with E-state index in [0.29, 0.717) is 25.4 Å². The van der Waals surface area contributed by atoms with Gasteiger partial charge in [-0.05, 0) is 37.8 Å². The highest BCUT2D eigenvalue weighted by atomic mass is 16.5. The molecule has 1 aliphatic heterocycles. The SMILES string of the molecule is CCCCOC(=O)c1ccccc1NC(=O)C(=O)N1CCCCC1. The molecule has 0 spiro atoms. The van der Waals surface area contributed by atoms with Crippen LogP contribution < -0.4 is 5.32 Å². The molecule has 0 aliphatic carbocycles. The van der Waals surface area contributed by atoms with Crippen LogP contribution in [-0.2, 0) is 14.3 Å². The molecule has 130 valence electrons. The highest BCUT2D eigenvalue weighted by molar-refractivity contribution is 6.39. The average molecular weight is 332 g/mol. The number of hydrogen-bond acceptors (Lipinski definition) is 4. The summed E-state index contributed by atoms with van der Waals surface area (Å²) in [5, 5.41) is 2.55. The molecule has 2 amide bonds. The van der Waals surface area contributed by atoms with Gasteiger partial charge in [-0.3, -0.25) is 9.59 Å². The largest absolute Gasteiger partial charge is 0.462 e. The quantitative estimate of drug-likeness (QED) is 0.511. The number of piperidine rings is 1. The van der Waals surface area contributed by atoms with Gasteiger partial charge in [0.1, 0.15) is 0 Å². The van der Waals surface area contributed by atoms with E-state index in [0.717, 1.165) is 32.1 Å². The number of hydrogen-bond donors (Lipinski definition) is 1. The van der Waals surface area contributed by atoms with Gasteiger partial charge in [0, 0.05) is 13.1 Å². The Morgan fingerprint density at radius 2 is 1.83 bits per heavy atom. The van der Waals surface area contributed by atoms with Gasteiger partial charge >= 0.3 is 17.8 Å². The number of ether oxygens (including phenoxy) is 1. The van der Waals surface area contributed by atoms with Crippen LogP contribution in [-0.4, -0.2) is 42.4 Å². The summed E-state index contributed by atoms with van der Waals surface area (Å²) in [5.74, 6) is -1.76. The third kappa shape index (κ3) is 4.81. The fraction of sp³-hybridized carbons (Fsp3) is 0.500. The number of amides is 2. The molecular formula is C18H24N2O4. The molecule has 1 fully saturated rings. The van der Waals surface area contributed by atoms with Crippen molar-refractivity contribution < 1.29 is 19.1 Å². The Balaban J connectivity index is 2.02. The second kappa shape index (κ2) is 9.05. The fourth-order valence-corrected chi connectivity index (χ4v) is 2.57. The monoisotopic (exact) mass is 332 g/mol. The number of para-hydroxylation sites is 1. The molecule has 0 atom stereocenters. The lowest BCUT2D eigenvalue weighted by Crippen LogP contribution is -2.42. The van der Waals surface area contributed by atoms with E-state index in [1.807, 2.05) is 6.92 Å². The lowest BCUT2D eigenvalue weighted by Gasteiger charge is -2.26. The van der Waals surface area contributed by atoms with E-state index in [-0.39, 0.29) is 5.56 Å². The molecule has 1 aromatic carbocycles. The summed E-state index contributed by atoms with van der Waals surface area (Å²) in [6.07, 6.45) is 4.63. The van der Waals surface area contributed by atoms with E-state index < -0.39 is 17.8 Å². The average Bonchev–Trinajstić information content (AvgIpc) is 2.62. The van der Waals surface area contributed by atoms with Gasteiger partial charge < -0.3 is 15.0 Å². The minimum atomic E-state index is -0.717. The minimum Gasteiger partial charge on any atom is -0.462 e. The zero-order valence-corrected chi connectivity index (χ0v) is 14.0. The molecule has 6 heteroatoms. The van der Waals surface area contributed by atoms with Crippen LogP contribution in [0.5, 0.6) is 0 Å². The van der Waals surface area contributed by atoms with E-state index in [9.17, 15) is 14.4 Å². The van der Waals surface area contributed by atoms with E-state index in [4.69, 9.17) is 4.74 Å². The number of anilines is 1. The first-order valence-electron chi connectivity index (χ1n) is 8.50. The van der Waals surface area contributed by atoms with Crippen molar-refractivity contribution in [1.82, 2.24) is 4.90 Å². The van der Waals surface area contributed by atoms with E-state index in [1.54, 1.807) is 29.2 Å². The van der Waals surface area contributed by atoms with Gasteiger partial charge in [-0.2, -0.15) is 0 Å². The van der Waals surface area contributed by atoms with Gasteiger partial charge in [0.15, 0.2) is 0 Å². The maximum Gasteiger partial charge on any atom is 0.340 e. The van der Waals surface area contributed by atoms with E-state index >= 15 is 0 Å². The first kappa shape index (κ1) is 18.0. The van der Waals surface area contributed by atoms with E-state index in [1.165, 1.54) is 0 Å². The van der Waals surface area contributed by atoms with Gasteiger partial charge in [0.05, 0.1) is 17.9 Å². The zero-order chi connectivity index (χ0) is 17.4. The number of carbonyl (C=O) groups is 3. The van der Waals surface area contributed by atoms with Gasteiger partial charge in [-0.15, -0.1) is 0 Å². The molecule has 1 aromatic rings. The number of likely N-dealkylation sites (tertiary alicyclic amines) is 1. The van der Waals surface area contributed by atoms with Crippen molar-refractivity contribution in [2.24, 2.45) is 0 Å². The Labute approximate surface area is 142 Å². The Kier molecular flexibility index (Phi) is 6.78. The van der Waals surface area contributed by atoms with Crippen molar-refractivity contribution >= 4 is 23.5 Å². The first-order valence-corrected chi connectivity index (χ1v) is 8.50. The standard InChI is InChI=1S/C18H24N2O4/c1-2-3-13-24-18(23)14-9-5-6-10-15(14)19-16(21)17(22)20-11-7-4-8-12-20/h5-6,9-10H,2-4,7-8,11-13H2,1H3,(H,19,21). The number of carbonyl (C=O) groups excluding carboxylic acids is 3. The van der Waals surface area contributed by atoms with Crippen LogP contribution in [0.2, 0.25) is 0 Å². The Bertz CT molecular complexity index is 594. The lowest BCUT2D eigenvalue weighted by molar-refractivity contribution is -0.143. The van der Waals surface area contributed by atoms with Crippen LogP contribution in [0.15, 0.2) is 24.3 Å². The zero-order valence-electron chi connectivity index (χ0n) is 14.0. The third-order valence-electron chi connectivity index (χ3n) is 3.96. The van der Waals surface area contributed by atoms with Gasteiger partial charge in [0.25, 0.3) is 0 Å². The predicted molar refractivity (Wildman–Crippen MR) is 90.7 cm³/mol. The highest BCUT2D eigenvalue weighted by Gasteiger charge is 2.24. The summed E-state index contributed by atoms with van der Waals surface area (Å²) in [6, 6.07) is 6.56. The molecule has 6 nitrogen and oxygen atoms in total. The van der Waals surface area contributed by atoms with Crippen LogP contribution in [0, 0.1) is 0 Å². The summed E-state index contributed by atoms with van der Waals surface area (Å²) in [6.45, 7) is 3.55. The smallest absolute Gasteiger partial charge is 0.340 e. The molecule has 0 saturated carbocycles. The van der Waals surface area contributed by atoms with Gasteiger partial charge in [-0.25, -0.2) is 4.79 Å². The molecule has 0 unspecified atom stereocenters. The van der Waals surface area contributed by atoms with Crippen LogP contribution >= 0.6 is 0 Å². The molecule has 2 rings (SSSR count). The van der Waals surface area contributed by atoms with Crippen molar-refractivity contribution in [3.8, 4) is 0 Å². The summed E-state index contributed by atoms with van der Waals surface area (Å²) in [4.78, 5) is 38.1. The molecule has 0 radical (unpaired) electrons. The molecule has 1 heterocycles. The lowest BCUT2D eigenvalue weighted by atomic mass is 10.1. The normalized spacial score (nSPS) is 14.1. The van der Waals surface area contributed by atoms with Crippen molar-refractivity contribution in [1.29, 1.82) is 0 Å². The number of nitrogens with zero attached hydrogens (tertiary/aromatic N) is 1. The van der Waals surface area contributed by atoms with Crippen LogP contribution in [0.1, 0.15) is 49.4 Å². The maximum atomic E-state index is 12.2. The molecular weight excluding hydrogens is 308 g/mol. The van der Waals surface area contributed by atoms with Crippen LogP contribution in [0.4, 0.5) is 5.69 Å². The number of benzene rings is 1. The molecule has 1 N–H and O–H groups in total. The van der Waals surface area contributed by atoms with Crippen molar-refractivity contribution in [3.63, 3.8) is 0 Å². The Morgan fingerprint density at radius 3 is 2.54 bits per heavy atom. The van der Waals surface area contributed by atoms with Gasteiger partial charge in [0.2, 0.25) is 0 Å². The van der Waals surface area contributed by atoms with Crippen LogP contribution in [0.3, 0.4) is 0 Å². The fourth-order valence-electron chi connectivity index (χ4n) is 2.57.